The number of carbonyl (C=O) groups excluding carboxylic acids is 1. The summed E-state index contributed by atoms with van der Waals surface area (Å²) in [5, 5.41) is 17.6. The third kappa shape index (κ3) is 2.98. The number of rotatable bonds is 5. The van der Waals surface area contributed by atoms with Crippen molar-refractivity contribution in [3.63, 3.8) is 0 Å². The number of aromatic nitrogens is 2. The van der Waals surface area contributed by atoms with Gasteiger partial charge >= 0.3 is 0 Å². The number of hydrogen-bond donors (Lipinski definition) is 3. The van der Waals surface area contributed by atoms with E-state index in [4.69, 9.17) is 5.84 Å². The maximum atomic E-state index is 12.1. The first-order valence-corrected chi connectivity index (χ1v) is 6.03. The molecule has 0 aliphatic rings. The fourth-order valence-corrected chi connectivity index (χ4v) is 1.87. The van der Waals surface area contributed by atoms with Crippen LogP contribution in [-0.2, 0) is 13.6 Å². The van der Waals surface area contributed by atoms with Crippen LogP contribution in [0.5, 0.6) is 0 Å². The van der Waals surface area contributed by atoms with Crippen LogP contribution in [0.1, 0.15) is 16.1 Å². The largest absolute Gasteiger partial charge is 0.346 e. The molecule has 0 aliphatic heterocycles. The summed E-state index contributed by atoms with van der Waals surface area (Å²) in [6, 6.07) is 5.92. The highest BCUT2D eigenvalue weighted by Crippen LogP contribution is 2.27. The number of benzene rings is 1. The number of hydrazine groups is 1. The normalized spacial score (nSPS) is 10.2. The van der Waals surface area contributed by atoms with Crippen molar-refractivity contribution in [2.75, 3.05) is 5.43 Å². The van der Waals surface area contributed by atoms with Gasteiger partial charge in [-0.15, -0.1) is 0 Å². The number of para-hydroxylation sites is 1. The first-order chi connectivity index (χ1) is 10.0. The molecule has 110 valence electrons. The van der Waals surface area contributed by atoms with E-state index < -0.39 is 10.8 Å². The first kappa shape index (κ1) is 14.5. The molecule has 0 aliphatic carbocycles. The lowest BCUT2D eigenvalue weighted by atomic mass is 10.1. The van der Waals surface area contributed by atoms with Crippen LogP contribution in [0.2, 0.25) is 0 Å². The average molecular weight is 290 g/mol. The molecule has 4 N–H and O–H groups in total. The van der Waals surface area contributed by atoms with E-state index in [2.05, 4.69) is 15.8 Å². The smallest absolute Gasteiger partial charge is 0.294 e. The number of hydrogen-bond acceptors (Lipinski definition) is 6. The summed E-state index contributed by atoms with van der Waals surface area (Å²) in [6.45, 7) is 0.252. The van der Waals surface area contributed by atoms with Gasteiger partial charge in [-0.05, 0) is 12.1 Å². The molecule has 0 fully saturated rings. The van der Waals surface area contributed by atoms with Gasteiger partial charge in [-0.25, -0.2) is 0 Å². The number of nitrogens with two attached hydrogens (primary N) is 1. The Bertz CT molecular complexity index is 681. The summed E-state index contributed by atoms with van der Waals surface area (Å²) in [7, 11) is 1.75. The molecule has 0 radical (unpaired) electrons. The molecular weight excluding hydrogens is 276 g/mol. The Labute approximate surface area is 119 Å². The lowest BCUT2D eigenvalue weighted by Gasteiger charge is -2.10. The summed E-state index contributed by atoms with van der Waals surface area (Å²) in [5.74, 6) is 4.83. The van der Waals surface area contributed by atoms with E-state index in [9.17, 15) is 14.9 Å². The SMILES string of the molecule is Cn1nccc1CNC(=O)c1cccc([N+](=O)[O-])c1NN. The maximum Gasteiger partial charge on any atom is 0.294 e. The van der Waals surface area contributed by atoms with Gasteiger partial charge in [0, 0.05) is 19.3 Å². The quantitative estimate of drug-likeness (QED) is 0.419. The van der Waals surface area contributed by atoms with Crippen LogP contribution < -0.4 is 16.6 Å². The summed E-state index contributed by atoms with van der Waals surface area (Å²) in [5.41, 5.74) is 2.84. The second kappa shape index (κ2) is 6.01. The predicted octanol–water partition coefficient (Wildman–Crippen LogP) is 0.544. The second-order valence-electron chi connectivity index (χ2n) is 4.23. The zero-order valence-corrected chi connectivity index (χ0v) is 11.2. The van der Waals surface area contributed by atoms with Crippen LogP contribution >= 0.6 is 0 Å². The van der Waals surface area contributed by atoms with Crippen LogP contribution in [0.25, 0.3) is 0 Å². The van der Waals surface area contributed by atoms with Crippen molar-refractivity contribution >= 4 is 17.3 Å². The van der Waals surface area contributed by atoms with Crippen molar-refractivity contribution in [2.24, 2.45) is 12.9 Å². The molecule has 2 rings (SSSR count). The lowest BCUT2D eigenvalue weighted by Crippen LogP contribution is -2.26. The minimum Gasteiger partial charge on any atom is -0.346 e. The molecule has 0 bridgehead atoms. The third-order valence-corrected chi connectivity index (χ3v) is 2.98. The van der Waals surface area contributed by atoms with E-state index in [0.717, 1.165) is 5.69 Å². The fraction of sp³-hybridized carbons (Fsp3) is 0.167. The van der Waals surface area contributed by atoms with Crippen molar-refractivity contribution in [1.82, 2.24) is 15.1 Å². The van der Waals surface area contributed by atoms with Gasteiger partial charge in [-0.3, -0.25) is 25.4 Å². The average Bonchev–Trinajstić information content (AvgIpc) is 2.89. The van der Waals surface area contributed by atoms with Gasteiger partial charge < -0.3 is 10.7 Å². The zero-order valence-electron chi connectivity index (χ0n) is 11.2. The number of nitrogens with zero attached hydrogens (tertiary/aromatic N) is 3. The van der Waals surface area contributed by atoms with Crippen LogP contribution in [0, 0.1) is 10.1 Å². The summed E-state index contributed by atoms with van der Waals surface area (Å²) < 4.78 is 1.62. The van der Waals surface area contributed by atoms with Crippen LogP contribution in [-0.4, -0.2) is 20.6 Å². The lowest BCUT2D eigenvalue weighted by molar-refractivity contribution is -0.384. The Morgan fingerprint density at radius 3 is 2.81 bits per heavy atom. The van der Waals surface area contributed by atoms with E-state index >= 15 is 0 Å². The van der Waals surface area contributed by atoms with Gasteiger partial charge in [-0.2, -0.15) is 5.10 Å². The standard InChI is InChI=1S/C12H14N6O3/c1-17-8(5-6-15-17)7-14-12(19)9-3-2-4-10(18(20)21)11(9)16-13/h2-6,16H,7,13H2,1H3,(H,14,19). The number of anilines is 1. The Morgan fingerprint density at radius 2 is 2.24 bits per heavy atom. The van der Waals surface area contributed by atoms with E-state index in [1.54, 1.807) is 24.0 Å². The highest BCUT2D eigenvalue weighted by atomic mass is 16.6. The van der Waals surface area contributed by atoms with E-state index in [0.29, 0.717) is 0 Å². The van der Waals surface area contributed by atoms with Gasteiger partial charge in [0.1, 0.15) is 5.69 Å². The van der Waals surface area contributed by atoms with Gasteiger partial charge in [0.2, 0.25) is 0 Å². The highest BCUT2D eigenvalue weighted by molar-refractivity contribution is 6.01. The second-order valence-corrected chi connectivity index (χ2v) is 4.23. The monoisotopic (exact) mass is 290 g/mol. The third-order valence-electron chi connectivity index (χ3n) is 2.98. The first-order valence-electron chi connectivity index (χ1n) is 6.03. The number of nitro groups is 1. The van der Waals surface area contributed by atoms with Crippen molar-refractivity contribution in [3.8, 4) is 0 Å². The van der Waals surface area contributed by atoms with Gasteiger partial charge in [0.05, 0.1) is 22.7 Å². The molecule has 0 saturated carbocycles. The summed E-state index contributed by atoms with van der Waals surface area (Å²) >= 11 is 0. The van der Waals surface area contributed by atoms with Gasteiger partial charge in [0.15, 0.2) is 0 Å². The van der Waals surface area contributed by atoms with Gasteiger partial charge in [-0.1, -0.05) is 6.07 Å². The number of aryl methyl sites for hydroxylation is 1. The maximum absolute atomic E-state index is 12.1. The van der Waals surface area contributed by atoms with Crippen molar-refractivity contribution < 1.29 is 9.72 Å². The number of nitro benzene ring substituents is 1. The molecular formula is C12H14N6O3. The Balaban J connectivity index is 2.21. The summed E-state index contributed by atoms with van der Waals surface area (Å²) in [4.78, 5) is 22.5. The van der Waals surface area contributed by atoms with E-state index in [1.807, 2.05) is 0 Å². The molecule has 1 amide bonds. The minimum absolute atomic E-state index is 0.0231. The number of amides is 1. The Morgan fingerprint density at radius 1 is 1.48 bits per heavy atom. The van der Waals surface area contributed by atoms with Crippen LogP contribution in [0.4, 0.5) is 11.4 Å². The van der Waals surface area contributed by atoms with Crippen LogP contribution in [0.15, 0.2) is 30.5 Å². The van der Waals surface area contributed by atoms with Crippen LogP contribution in [0.3, 0.4) is 0 Å². The molecule has 1 aromatic heterocycles. The molecule has 9 nitrogen and oxygen atoms in total. The Kier molecular flexibility index (Phi) is 4.14. The minimum atomic E-state index is -0.604. The number of nitrogens with one attached hydrogen (secondary N) is 2. The molecule has 0 saturated heterocycles. The van der Waals surface area contributed by atoms with E-state index in [1.165, 1.54) is 18.2 Å². The number of carbonyl (C=O) groups is 1. The predicted molar refractivity (Wildman–Crippen MR) is 75.3 cm³/mol. The molecule has 9 heteroatoms. The Hall–Kier alpha value is -2.94. The van der Waals surface area contributed by atoms with E-state index in [-0.39, 0.29) is 23.5 Å². The van der Waals surface area contributed by atoms with Crippen molar-refractivity contribution in [2.45, 2.75) is 6.54 Å². The zero-order chi connectivity index (χ0) is 15.4. The fourth-order valence-electron chi connectivity index (χ4n) is 1.87. The molecule has 0 spiro atoms. The van der Waals surface area contributed by atoms with Crippen molar-refractivity contribution in [3.05, 3.63) is 51.8 Å². The van der Waals surface area contributed by atoms with Gasteiger partial charge in [0.25, 0.3) is 11.6 Å². The molecule has 1 heterocycles. The molecule has 21 heavy (non-hydrogen) atoms. The summed E-state index contributed by atoms with van der Waals surface area (Å²) in [6.07, 6.45) is 1.61. The van der Waals surface area contributed by atoms with Crippen molar-refractivity contribution in [1.29, 1.82) is 0 Å². The molecule has 0 unspecified atom stereocenters. The molecule has 0 atom stereocenters. The topological polar surface area (TPSA) is 128 Å². The molecule has 1 aromatic carbocycles. The number of nitrogen functional groups attached to an aromatic ring is 1. The highest BCUT2D eigenvalue weighted by Gasteiger charge is 2.20. The molecule has 2 aromatic rings.